The summed E-state index contributed by atoms with van der Waals surface area (Å²) in [6.45, 7) is 9.58. The van der Waals surface area contributed by atoms with Gasteiger partial charge in [0.2, 0.25) is 0 Å². The molecule has 0 aromatic heterocycles. The average Bonchev–Trinajstić information content (AvgIpc) is 2.14. The molecule has 0 aliphatic rings. The number of methoxy groups -OCH3 is 1. The predicted octanol–water partition coefficient (Wildman–Crippen LogP) is 0.729. The zero-order valence-corrected chi connectivity index (χ0v) is 9.05. The Hall–Kier alpha value is -0.380. The largest absolute Gasteiger partial charge is 0.383 e. The van der Waals surface area contributed by atoms with E-state index < -0.39 is 0 Å². The summed E-state index contributed by atoms with van der Waals surface area (Å²) in [5.41, 5.74) is 0. The number of rotatable bonds is 8. The van der Waals surface area contributed by atoms with Gasteiger partial charge in [0.25, 0.3) is 0 Å². The first-order valence-corrected chi connectivity index (χ1v) is 4.78. The van der Waals surface area contributed by atoms with Crippen molar-refractivity contribution >= 4 is 0 Å². The number of hydrogen-bond donors (Lipinski definition) is 1. The molecular weight excluding hydrogens is 164 g/mol. The molecule has 0 saturated carbocycles. The molecule has 3 heteroatoms. The van der Waals surface area contributed by atoms with Gasteiger partial charge in [0.05, 0.1) is 6.61 Å². The number of nitrogens with zero attached hydrogens (tertiary/aromatic N) is 1. The molecular formula is C10H22N2O. The second-order valence-corrected chi connectivity index (χ2v) is 3.04. The van der Waals surface area contributed by atoms with E-state index in [1.54, 1.807) is 7.11 Å². The van der Waals surface area contributed by atoms with Crippen molar-refractivity contribution in [3.8, 4) is 0 Å². The predicted molar refractivity (Wildman–Crippen MR) is 57.0 cm³/mol. The van der Waals surface area contributed by atoms with Gasteiger partial charge in [-0.3, -0.25) is 4.90 Å². The molecule has 0 aromatic rings. The Kier molecular flexibility index (Phi) is 7.99. The van der Waals surface area contributed by atoms with Crippen LogP contribution in [0.5, 0.6) is 0 Å². The first-order chi connectivity index (χ1) is 6.29. The standard InChI is InChI=1S/C10H22N2O/c1-5-7-12(6-2)10(8-11-3)9-13-4/h5,10-11H,1,6-9H2,2-4H3. The quantitative estimate of drug-likeness (QED) is 0.566. The first-order valence-electron chi connectivity index (χ1n) is 4.78. The fraction of sp³-hybridized carbons (Fsp3) is 0.800. The zero-order valence-electron chi connectivity index (χ0n) is 9.05. The molecule has 0 aliphatic carbocycles. The van der Waals surface area contributed by atoms with Crippen molar-refractivity contribution in [3.63, 3.8) is 0 Å². The summed E-state index contributed by atoms with van der Waals surface area (Å²) in [6.07, 6.45) is 1.93. The minimum absolute atomic E-state index is 0.443. The highest BCUT2D eigenvalue weighted by atomic mass is 16.5. The van der Waals surface area contributed by atoms with Crippen LogP contribution in [0.4, 0.5) is 0 Å². The highest BCUT2D eigenvalue weighted by Crippen LogP contribution is 1.99. The lowest BCUT2D eigenvalue weighted by molar-refractivity contribution is 0.101. The third kappa shape index (κ3) is 5.03. The van der Waals surface area contributed by atoms with Gasteiger partial charge in [-0.1, -0.05) is 13.0 Å². The van der Waals surface area contributed by atoms with E-state index in [4.69, 9.17) is 4.74 Å². The summed E-state index contributed by atoms with van der Waals surface area (Å²) in [4.78, 5) is 2.34. The minimum Gasteiger partial charge on any atom is -0.383 e. The lowest BCUT2D eigenvalue weighted by atomic mass is 10.2. The summed E-state index contributed by atoms with van der Waals surface area (Å²) in [6, 6.07) is 0.443. The van der Waals surface area contributed by atoms with E-state index in [-0.39, 0.29) is 0 Å². The van der Waals surface area contributed by atoms with Crippen LogP contribution >= 0.6 is 0 Å². The third-order valence-electron chi connectivity index (χ3n) is 2.08. The van der Waals surface area contributed by atoms with Gasteiger partial charge in [0.15, 0.2) is 0 Å². The molecule has 0 aliphatic heterocycles. The first kappa shape index (κ1) is 12.6. The highest BCUT2D eigenvalue weighted by molar-refractivity contribution is 4.79. The van der Waals surface area contributed by atoms with Gasteiger partial charge in [-0.25, -0.2) is 0 Å². The van der Waals surface area contributed by atoms with E-state index in [0.29, 0.717) is 6.04 Å². The zero-order chi connectivity index (χ0) is 10.1. The van der Waals surface area contributed by atoms with Crippen LogP contribution in [-0.2, 0) is 4.74 Å². The van der Waals surface area contributed by atoms with E-state index >= 15 is 0 Å². The van der Waals surface area contributed by atoms with Gasteiger partial charge in [0, 0.05) is 26.2 Å². The van der Waals surface area contributed by atoms with Crippen LogP contribution in [0, 0.1) is 0 Å². The Morgan fingerprint density at radius 3 is 2.69 bits per heavy atom. The van der Waals surface area contributed by atoms with E-state index in [9.17, 15) is 0 Å². The molecule has 0 rings (SSSR count). The van der Waals surface area contributed by atoms with Crippen LogP contribution in [0.15, 0.2) is 12.7 Å². The summed E-state index contributed by atoms with van der Waals surface area (Å²) < 4.78 is 5.17. The molecule has 3 nitrogen and oxygen atoms in total. The molecule has 0 radical (unpaired) electrons. The number of ether oxygens (including phenoxy) is 1. The smallest absolute Gasteiger partial charge is 0.0630 e. The Balaban J connectivity index is 4.02. The van der Waals surface area contributed by atoms with Gasteiger partial charge < -0.3 is 10.1 Å². The summed E-state index contributed by atoms with van der Waals surface area (Å²) >= 11 is 0. The summed E-state index contributed by atoms with van der Waals surface area (Å²) in [5, 5.41) is 3.17. The number of hydrogen-bond acceptors (Lipinski definition) is 3. The Bertz CT molecular complexity index is 122. The van der Waals surface area contributed by atoms with Gasteiger partial charge in [0.1, 0.15) is 0 Å². The second kappa shape index (κ2) is 8.23. The molecule has 1 unspecified atom stereocenters. The number of likely N-dealkylation sites (N-methyl/N-ethyl adjacent to an activating group) is 2. The van der Waals surface area contributed by atoms with Crippen molar-refractivity contribution in [2.24, 2.45) is 0 Å². The molecule has 0 bridgehead atoms. The molecule has 0 fully saturated rings. The molecule has 1 N–H and O–H groups in total. The Labute approximate surface area is 81.8 Å². The van der Waals surface area contributed by atoms with E-state index in [2.05, 4.69) is 23.7 Å². The maximum Gasteiger partial charge on any atom is 0.0630 e. The molecule has 0 aromatic carbocycles. The normalized spacial score (nSPS) is 13.2. The lowest BCUT2D eigenvalue weighted by Crippen LogP contribution is -2.44. The van der Waals surface area contributed by atoms with Crippen molar-refractivity contribution in [1.82, 2.24) is 10.2 Å². The van der Waals surface area contributed by atoms with Gasteiger partial charge in [-0.15, -0.1) is 6.58 Å². The maximum atomic E-state index is 5.17. The van der Waals surface area contributed by atoms with Crippen LogP contribution < -0.4 is 5.32 Å². The van der Waals surface area contributed by atoms with Crippen molar-refractivity contribution in [1.29, 1.82) is 0 Å². The molecule has 78 valence electrons. The van der Waals surface area contributed by atoms with Crippen LogP contribution in [0.25, 0.3) is 0 Å². The molecule has 1 atom stereocenters. The van der Waals surface area contributed by atoms with Gasteiger partial charge in [-0.05, 0) is 13.6 Å². The molecule has 0 amide bonds. The topological polar surface area (TPSA) is 24.5 Å². The van der Waals surface area contributed by atoms with Crippen molar-refractivity contribution in [2.75, 3.05) is 40.4 Å². The van der Waals surface area contributed by atoms with Crippen LogP contribution in [0.1, 0.15) is 6.92 Å². The van der Waals surface area contributed by atoms with Crippen molar-refractivity contribution < 1.29 is 4.74 Å². The van der Waals surface area contributed by atoms with E-state index in [0.717, 1.165) is 26.2 Å². The summed E-state index contributed by atoms with van der Waals surface area (Å²) in [7, 11) is 3.70. The van der Waals surface area contributed by atoms with Crippen molar-refractivity contribution in [3.05, 3.63) is 12.7 Å². The minimum atomic E-state index is 0.443. The third-order valence-corrected chi connectivity index (χ3v) is 2.08. The molecule has 0 spiro atoms. The molecule has 0 heterocycles. The monoisotopic (exact) mass is 186 g/mol. The van der Waals surface area contributed by atoms with E-state index in [1.807, 2.05) is 13.1 Å². The van der Waals surface area contributed by atoms with Gasteiger partial charge in [-0.2, -0.15) is 0 Å². The Morgan fingerprint density at radius 2 is 2.31 bits per heavy atom. The number of nitrogens with one attached hydrogen (secondary N) is 1. The van der Waals surface area contributed by atoms with E-state index in [1.165, 1.54) is 0 Å². The Morgan fingerprint density at radius 1 is 1.62 bits per heavy atom. The van der Waals surface area contributed by atoms with Crippen LogP contribution in [0.2, 0.25) is 0 Å². The van der Waals surface area contributed by atoms with Gasteiger partial charge >= 0.3 is 0 Å². The maximum absolute atomic E-state index is 5.17. The molecule has 0 saturated heterocycles. The highest BCUT2D eigenvalue weighted by Gasteiger charge is 2.14. The van der Waals surface area contributed by atoms with Crippen molar-refractivity contribution in [2.45, 2.75) is 13.0 Å². The fourth-order valence-corrected chi connectivity index (χ4v) is 1.42. The summed E-state index contributed by atoms with van der Waals surface area (Å²) in [5.74, 6) is 0. The SMILES string of the molecule is C=CCN(CC)C(CNC)COC. The second-order valence-electron chi connectivity index (χ2n) is 3.04. The lowest BCUT2D eigenvalue weighted by Gasteiger charge is -2.28. The fourth-order valence-electron chi connectivity index (χ4n) is 1.42. The molecule has 13 heavy (non-hydrogen) atoms. The van der Waals surface area contributed by atoms with Crippen LogP contribution in [-0.4, -0.2) is 51.3 Å². The van der Waals surface area contributed by atoms with Crippen LogP contribution in [0.3, 0.4) is 0 Å². The average molecular weight is 186 g/mol.